The highest BCUT2D eigenvalue weighted by atomic mass is 35.5. The van der Waals surface area contributed by atoms with E-state index in [2.05, 4.69) is 27.4 Å². The molecule has 0 saturated heterocycles. The van der Waals surface area contributed by atoms with E-state index in [-0.39, 0.29) is 29.1 Å². The van der Waals surface area contributed by atoms with Crippen molar-refractivity contribution in [2.24, 2.45) is 17.2 Å². The molecular weight excluding hydrogens is 666 g/mol. The van der Waals surface area contributed by atoms with Gasteiger partial charge in [0.2, 0.25) is 15.3 Å². The van der Waals surface area contributed by atoms with Crippen LogP contribution in [0.25, 0.3) is 10.8 Å². The van der Waals surface area contributed by atoms with Crippen molar-refractivity contribution in [1.82, 2.24) is 10.0 Å². The standard InChI is InChI=1S/C17H20N2O6S.C6H14N4O2.C2H3ClO.C2H5NO2/c1-19(2)14-7-3-6-12-11(14)5-4-8-15(12)26(24,25)18-13(17(22)23)9-10-16(20)21;7-4(5(11)12)2-1-3-10-6(8)9;1-2(3)4;3-1-2(4)5/h3-8,13,18H,9-10H2,1-2H3,(H,20,21)(H,22,23);4H,1-3,7H2,(H,11,12)(H4,8,9,10);1H3;1,3H2,(H,4,5). The van der Waals surface area contributed by atoms with E-state index in [4.69, 9.17) is 32.2 Å². The van der Waals surface area contributed by atoms with Gasteiger partial charge in [-0.2, -0.15) is 4.72 Å². The molecule has 0 aromatic heterocycles. The summed E-state index contributed by atoms with van der Waals surface area (Å²) in [6, 6.07) is 7.61. The number of aliphatic carboxylic acids is 4. The Kier molecular flexibility index (Phi) is 21.7. The molecule has 2 aromatic rings. The predicted octanol–water partition coefficient (Wildman–Crippen LogP) is -0.0349. The average molecular weight is 708 g/mol. The van der Waals surface area contributed by atoms with Gasteiger partial charge in [0.1, 0.15) is 12.1 Å². The number of carbonyl (C=O) groups excluding carboxylic acids is 1. The first kappa shape index (κ1) is 44.6. The lowest BCUT2D eigenvalue weighted by atomic mass is 10.1. The molecule has 0 aliphatic carbocycles. The molecule has 2 unspecified atom stereocenters. The number of carboxylic acid groups (broad SMARTS) is 4. The smallest absolute Gasteiger partial charge is 0.321 e. The number of nitrogens with one attached hydrogen (secondary N) is 3. The van der Waals surface area contributed by atoms with E-state index in [1.165, 1.54) is 13.0 Å². The number of hydrogen-bond donors (Lipinski definition) is 10. The molecule has 2 atom stereocenters. The number of rotatable bonds is 14. The molecule has 0 heterocycles. The zero-order chi connectivity index (χ0) is 36.9. The lowest BCUT2D eigenvalue weighted by molar-refractivity contribution is -0.141. The van der Waals surface area contributed by atoms with Crippen LogP contribution in [0.4, 0.5) is 5.69 Å². The van der Waals surface area contributed by atoms with Gasteiger partial charge in [-0.1, -0.05) is 24.3 Å². The highest BCUT2D eigenvalue weighted by Crippen LogP contribution is 2.30. The fourth-order valence-corrected chi connectivity index (χ4v) is 4.75. The number of sulfonamides is 1. The number of benzene rings is 2. The van der Waals surface area contributed by atoms with Crippen molar-refractivity contribution in [3.05, 3.63) is 36.4 Å². The van der Waals surface area contributed by atoms with Crippen molar-refractivity contribution in [2.45, 2.75) is 49.6 Å². The SMILES string of the molecule is CC(=O)Cl.CN(C)c1cccc2c(S(=O)(=O)NC(CCC(=O)O)C(=O)O)cccc12.N=C(N)NCCCC(N)C(=O)O.NCC(=O)O. The van der Waals surface area contributed by atoms with Gasteiger partial charge in [-0.3, -0.25) is 29.4 Å². The second kappa shape index (κ2) is 22.9. The number of fused-ring (bicyclic) bond motifs is 1. The molecule has 0 aliphatic heterocycles. The number of nitrogens with zero attached hydrogens (tertiary/aromatic N) is 1. The van der Waals surface area contributed by atoms with Crippen molar-refractivity contribution in [2.75, 3.05) is 32.1 Å². The van der Waals surface area contributed by atoms with Crippen LogP contribution in [0.3, 0.4) is 0 Å². The van der Waals surface area contributed by atoms with Crippen LogP contribution in [0.15, 0.2) is 41.3 Å². The number of nitrogens with two attached hydrogens (primary N) is 3. The first-order chi connectivity index (χ1) is 21.7. The van der Waals surface area contributed by atoms with E-state index in [1.807, 2.05) is 25.1 Å². The summed E-state index contributed by atoms with van der Waals surface area (Å²) in [6.07, 6.45) is 0.167. The van der Waals surface area contributed by atoms with Crippen molar-refractivity contribution in [3.8, 4) is 0 Å². The summed E-state index contributed by atoms with van der Waals surface area (Å²) in [5.41, 5.74) is 15.6. The lowest BCUT2D eigenvalue weighted by Gasteiger charge is -2.18. The number of carboxylic acids is 4. The molecule has 0 aliphatic rings. The topological polar surface area (TPSA) is 330 Å². The zero-order valence-electron chi connectivity index (χ0n) is 26.0. The van der Waals surface area contributed by atoms with Gasteiger partial charge in [-0.05, 0) is 43.0 Å². The molecule has 2 aromatic carbocycles. The Balaban J connectivity index is 0. The molecule has 0 amide bonds. The molecule has 264 valence electrons. The van der Waals surface area contributed by atoms with E-state index in [9.17, 15) is 37.5 Å². The molecule has 18 nitrogen and oxygen atoms in total. The number of halogens is 1. The average Bonchev–Trinajstić information content (AvgIpc) is 2.96. The van der Waals surface area contributed by atoms with Gasteiger partial charge in [-0.25, -0.2) is 8.42 Å². The Morgan fingerprint density at radius 1 is 0.936 bits per heavy atom. The predicted molar refractivity (Wildman–Crippen MR) is 175 cm³/mol. The summed E-state index contributed by atoms with van der Waals surface area (Å²) in [4.78, 5) is 52.4. The molecule has 0 radical (unpaired) electrons. The number of guanidine groups is 1. The van der Waals surface area contributed by atoms with Crippen LogP contribution in [0.2, 0.25) is 0 Å². The van der Waals surface area contributed by atoms with Gasteiger partial charge in [0.25, 0.3) is 0 Å². The van der Waals surface area contributed by atoms with Crippen LogP contribution < -0.4 is 32.1 Å². The van der Waals surface area contributed by atoms with E-state index < -0.39 is 52.4 Å². The molecule has 0 saturated carbocycles. The number of hydrogen-bond acceptors (Lipinski definition) is 11. The molecular formula is C27H42ClN7O11S. The fraction of sp³-hybridized carbons (Fsp3) is 0.407. The maximum atomic E-state index is 12.8. The summed E-state index contributed by atoms with van der Waals surface area (Å²) < 4.78 is 27.6. The molecule has 0 bridgehead atoms. The normalized spacial score (nSPS) is 11.4. The fourth-order valence-electron chi connectivity index (χ4n) is 3.31. The highest BCUT2D eigenvalue weighted by molar-refractivity contribution is 7.89. The van der Waals surface area contributed by atoms with E-state index in [0.29, 0.717) is 30.2 Å². The Hall–Kier alpha value is -4.56. The summed E-state index contributed by atoms with van der Waals surface area (Å²) in [5, 5.41) is 44.0. The summed E-state index contributed by atoms with van der Waals surface area (Å²) in [5.74, 6) is -4.71. The van der Waals surface area contributed by atoms with Crippen molar-refractivity contribution in [3.63, 3.8) is 0 Å². The second-order valence-electron chi connectivity index (χ2n) is 9.46. The Morgan fingerprint density at radius 3 is 1.87 bits per heavy atom. The second-order valence-corrected chi connectivity index (χ2v) is 11.7. The van der Waals surface area contributed by atoms with E-state index in [0.717, 1.165) is 5.69 Å². The Bertz CT molecular complexity index is 1470. The van der Waals surface area contributed by atoms with E-state index >= 15 is 0 Å². The number of anilines is 1. The minimum absolute atomic E-state index is 0.0553. The maximum absolute atomic E-state index is 12.8. The van der Waals surface area contributed by atoms with Crippen LogP contribution >= 0.6 is 11.6 Å². The largest absolute Gasteiger partial charge is 0.481 e. The first-order valence-corrected chi connectivity index (χ1v) is 15.3. The third-order valence-electron chi connectivity index (χ3n) is 5.37. The van der Waals surface area contributed by atoms with Crippen molar-refractivity contribution < 1.29 is 52.8 Å². The highest BCUT2D eigenvalue weighted by Gasteiger charge is 2.27. The van der Waals surface area contributed by atoms with Crippen LogP contribution in [0.1, 0.15) is 32.6 Å². The summed E-state index contributed by atoms with van der Waals surface area (Å²) in [7, 11) is -0.496. The maximum Gasteiger partial charge on any atom is 0.321 e. The summed E-state index contributed by atoms with van der Waals surface area (Å²) in [6.45, 7) is 1.50. The molecule has 0 spiro atoms. The van der Waals surface area contributed by atoms with Crippen LogP contribution in [-0.4, -0.2) is 103 Å². The molecule has 2 rings (SSSR count). The van der Waals surface area contributed by atoms with Gasteiger partial charge in [-0.15, -0.1) is 0 Å². The third-order valence-corrected chi connectivity index (χ3v) is 6.90. The van der Waals surface area contributed by atoms with Crippen molar-refractivity contribution in [1.29, 1.82) is 5.41 Å². The molecule has 0 fully saturated rings. The van der Waals surface area contributed by atoms with Crippen LogP contribution in [-0.2, 0) is 34.0 Å². The van der Waals surface area contributed by atoms with Gasteiger partial charge in [0.15, 0.2) is 5.96 Å². The summed E-state index contributed by atoms with van der Waals surface area (Å²) >= 11 is 4.64. The lowest BCUT2D eigenvalue weighted by Crippen LogP contribution is -2.41. The number of carbonyl (C=O) groups is 5. The zero-order valence-corrected chi connectivity index (χ0v) is 27.5. The van der Waals surface area contributed by atoms with Crippen LogP contribution in [0.5, 0.6) is 0 Å². The Labute approximate surface area is 276 Å². The minimum atomic E-state index is -4.16. The quantitative estimate of drug-likeness (QED) is 0.0533. The molecule has 20 heteroatoms. The molecule has 13 N–H and O–H groups in total. The van der Waals surface area contributed by atoms with E-state index in [1.54, 1.807) is 24.3 Å². The van der Waals surface area contributed by atoms with Crippen LogP contribution in [0, 0.1) is 5.41 Å². The van der Waals surface area contributed by atoms with Gasteiger partial charge >= 0.3 is 23.9 Å². The Morgan fingerprint density at radius 2 is 1.45 bits per heavy atom. The van der Waals surface area contributed by atoms with Crippen molar-refractivity contribution >= 4 is 73.2 Å². The minimum Gasteiger partial charge on any atom is -0.481 e. The molecule has 47 heavy (non-hydrogen) atoms. The third kappa shape index (κ3) is 20.2. The van der Waals surface area contributed by atoms with Gasteiger partial charge < -0.3 is 47.8 Å². The first-order valence-electron chi connectivity index (χ1n) is 13.5. The van der Waals surface area contributed by atoms with Gasteiger partial charge in [0, 0.05) is 50.4 Å². The van der Waals surface area contributed by atoms with Gasteiger partial charge in [0.05, 0.1) is 11.4 Å². The monoisotopic (exact) mass is 707 g/mol.